The molecule has 16 heavy (non-hydrogen) atoms. The van der Waals surface area contributed by atoms with E-state index in [0.717, 1.165) is 10.6 Å². The molecule has 2 rings (SSSR count). The Morgan fingerprint density at radius 2 is 2.44 bits per heavy atom. The van der Waals surface area contributed by atoms with Gasteiger partial charge in [0.1, 0.15) is 0 Å². The first kappa shape index (κ1) is 11.2. The largest absolute Gasteiger partial charge is 0.359 e. The number of nitrogens with one attached hydrogen (secondary N) is 1. The van der Waals surface area contributed by atoms with Gasteiger partial charge in [-0.15, -0.1) is 24.0 Å². The number of hydrogen-bond donors (Lipinski definition) is 2. The fourth-order valence-corrected chi connectivity index (χ4v) is 2.26. The lowest BCUT2D eigenvalue weighted by Gasteiger charge is -1.98. The summed E-state index contributed by atoms with van der Waals surface area (Å²) in [5, 5.41) is 8.30. The van der Waals surface area contributed by atoms with Gasteiger partial charge >= 0.3 is 0 Å². The van der Waals surface area contributed by atoms with E-state index in [0.29, 0.717) is 17.2 Å². The number of rotatable bonds is 3. The fourth-order valence-electron chi connectivity index (χ4n) is 1.20. The van der Waals surface area contributed by atoms with Crippen LogP contribution in [0.25, 0.3) is 0 Å². The Morgan fingerprint density at radius 3 is 3.00 bits per heavy atom. The predicted molar refractivity (Wildman–Crippen MR) is 64.0 cm³/mol. The summed E-state index contributed by atoms with van der Waals surface area (Å²) in [7, 11) is 0. The topological polar surface area (TPSA) is 55.1 Å². The molecule has 0 bridgehead atoms. The highest BCUT2D eigenvalue weighted by atomic mass is 32.1. The van der Waals surface area contributed by atoms with Gasteiger partial charge in [-0.2, -0.15) is 0 Å². The van der Waals surface area contributed by atoms with E-state index in [4.69, 9.17) is 4.52 Å². The van der Waals surface area contributed by atoms with Crippen LogP contribution in [0.2, 0.25) is 0 Å². The van der Waals surface area contributed by atoms with E-state index >= 15 is 0 Å². The maximum Gasteiger partial charge on any atom is 0.261 e. The smallest absolute Gasteiger partial charge is 0.261 e. The number of carbonyl (C=O) groups is 1. The zero-order chi connectivity index (χ0) is 11.5. The van der Waals surface area contributed by atoms with Crippen LogP contribution >= 0.6 is 24.0 Å². The van der Waals surface area contributed by atoms with Gasteiger partial charge in [-0.3, -0.25) is 4.79 Å². The van der Waals surface area contributed by atoms with Gasteiger partial charge in [0, 0.05) is 16.3 Å². The molecule has 0 aliphatic carbocycles. The Morgan fingerprint density at radius 1 is 1.62 bits per heavy atom. The van der Waals surface area contributed by atoms with Crippen LogP contribution in [0.1, 0.15) is 21.1 Å². The van der Waals surface area contributed by atoms with E-state index in [-0.39, 0.29) is 5.91 Å². The summed E-state index contributed by atoms with van der Waals surface area (Å²) >= 11 is 5.51. The van der Waals surface area contributed by atoms with Crippen molar-refractivity contribution in [2.45, 2.75) is 18.4 Å². The number of thiol groups is 1. The number of carbonyl (C=O) groups excluding carboxylic acids is 1. The van der Waals surface area contributed by atoms with E-state index in [1.807, 2.05) is 12.3 Å². The molecule has 84 valence electrons. The molecule has 0 radical (unpaired) electrons. The average molecular weight is 254 g/mol. The zero-order valence-corrected chi connectivity index (χ0v) is 10.3. The molecular weight excluding hydrogens is 244 g/mol. The summed E-state index contributed by atoms with van der Waals surface area (Å²) in [5.74, 6) is 0.521. The Kier molecular flexibility index (Phi) is 3.31. The van der Waals surface area contributed by atoms with Crippen molar-refractivity contribution in [3.63, 3.8) is 0 Å². The molecule has 1 N–H and O–H groups in total. The minimum Gasteiger partial charge on any atom is -0.359 e. The molecule has 0 fully saturated rings. The summed E-state index contributed by atoms with van der Waals surface area (Å²) in [5.41, 5.74) is 0.804. The summed E-state index contributed by atoms with van der Waals surface area (Å²) in [6.07, 6.45) is 0. The second-order valence-corrected chi connectivity index (χ2v) is 4.71. The van der Waals surface area contributed by atoms with E-state index in [1.54, 1.807) is 12.1 Å². The normalized spacial score (nSPS) is 10.4. The summed E-state index contributed by atoms with van der Waals surface area (Å²) in [6.45, 7) is 2.18. The average Bonchev–Trinajstić information content (AvgIpc) is 2.84. The first-order valence-corrected chi connectivity index (χ1v) is 5.96. The second-order valence-electron chi connectivity index (χ2n) is 3.29. The number of hydrogen-bond acceptors (Lipinski definition) is 5. The van der Waals surface area contributed by atoms with Crippen molar-refractivity contribution >= 4 is 29.9 Å². The molecular formula is C10H10N2O2S2. The van der Waals surface area contributed by atoms with E-state index in [9.17, 15) is 4.79 Å². The minimum atomic E-state index is -0.126. The van der Waals surface area contributed by atoms with Gasteiger partial charge in [-0.1, -0.05) is 5.16 Å². The summed E-state index contributed by atoms with van der Waals surface area (Å²) < 4.78 is 4.98. The van der Waals surface area contributed by atoms with Crippen molar-refractivity contribution in [2.75, 3.05) is 0 Å². The van der Waals surface area contributed by atoms with Crippen LogP contribution in [0.5, 0.6) is 0 Å². The lowest BCUT2D eigenvalue weighted by atomic mass is 10.3. The fraction of sp³-hybridized carbons (Fsp3) is 0.200. The zero-order valence-electron chi connectivity index (χ0n) is 8.56. The molecule has 0 unspecified atom stereocenters. The van der Waals surface area contributed by atoms with Crippen LogP contribution in [-0.2, 0) is 6.54 Å². The number of aromatic nitrogens is 1. The van der Waals surface area contributed by atoms with Gasteiger partial charge in [0.25, 0.3) is 5.91 Å². The number of nitrogens with zero attached hydrogens (tertiary/aromatic N) is 1. The minimum absolute atomic E-state index is 0.126. The number of amides is 1. The van der Waals surface area contributed by atoms with Crippen LogP contribution in [0.3, 0.4) is 0 Å². The first-order valence-electron chi connectivity index (χ1n) is 4.63. The molecule has 6 heteroatoms. The van der Waals surface area contributed by atoms with Crippen molar-refractivity contribution in [1.82, 2.24) is 10.5 Å². The highest BCUT2D eigenvalue weighted by molar-refractivity contribution is 7.80. The number of thiophene rings is 1. The van der Waals surface area contributed by atoms with Crippen molar-refractivity contribution < 1.29 is 9.32 Å². The van der Waals surface area contributed by atoms with E-state index < -0.39 is 0 Å². The molecule has 0 atom stereocenters. The predicted octanol–water partition coefficient (Wildman–Crippen LogP) is 2.26. The maximum atomic E-state index is 11.6. The molecule has 1 amide bonds. The second kappa shape index (κ2) is 4.71. The lowest BCUT2D eigenvalue weighted by Crippen LogP contribution is -2.21. The third-order valence-electron chi connectivity index (χ3n) is 1.91. The van der Waals surface area contributed by atoms with Crippen LogP contribution < -0.4 is 5.32 Å². The Labute approximate surface area is 102 Å². The standard InChI is InChI=1S/C10H10N2O2S2/c1-6-2-7(14-12-6)4-11-10(13)9-3-8(15)5-16-9/h2-3,5,15H,4H2,1H3,(H,11,13). The van der Waals surface area contributed by atoms with E-state index in [1.165, 1.54) is 11.3 Å². The third-order valence-corrected chi connectivity index (χ3v) is 3.27. The molecule has 2 heterocycles. The van der Waals surface area contributed by atoms with Crippen LogP contribution in [-0.4, -0.2) is 11.1 Å². The summed E-state index contributed by atoms with van der Waals surface area (Å²) in [4.78, 5) is 13.1. The van der Waals surface area contributed by atoms with Gasteiger partial charge in [-0.05, 0) is 13.0 Å². The van der Waals surface area contributed by atoms with Crippen molar-refractivity contribution in [2.24, 2.45) is 0 Å². The SMILES string of the molecule is Cc1cc(CNC(=O)c2cc(S)cs2)on1. The van der Waals surface area contributed by atoms with Gasteiger partial charge in [0.2, 0.25) is 0 Å². The van der Waals surface area contributed by atoms with Gasteiger partial charge in [0.05, 0.1) is 17.1 Å². The molecule has 0 saturated carbocycles. The third kappa shape index (κ3) is 2.65. The molecule has 0 aliphatic heterocycles. The maximum absolute atomic E-state index is 11.6. The molecule has 0 spiro atoms. The highest BCUT2D eigenvalue weighted by Gasteiger charge is 2.09. The number of aryl methyl sites for hydroxylation is 1. The Bertz CT molecular complexity index is 504. The molecule has 0 aromatic carbocycles. The monoisotopic (exact) mass is 254 g/mol. The summed E-state index contributed by atoms with van der Waals surface area (Å²) in [6, 6.07) is 3.52. The lowest BCUT2D eigenvalue weighted by molar-refractivity contribution is 0.0951. The highest BCUT2D eigenvalue weighted by Crippen LogP contribution is 2.17. The van der Waals surface area contributed by atoms with Gasteiger partial charge in [0.15, 0.2) is 5.76 Å². The quantitative estimate of drug-likeness (QED) is 0.826. The molecule has 2 aromatic heterocycles. The first-order chi connectivity index (χ1) is 7.65. The van der Waals surface area contributed by atoms with Crippen molar-refractivity contribution in [1.29, 1.82) is 0 Å². The Balaban J connectivity index is 1.93. The molecule has 0 saturated heterocycles. The molecule has 2 aromatic rings. The van der Waals surface area contributed by atoms with Crippen molar-refractivity contribution in [3.8, 4) is 0 Å². The molecule has 0 aliphatic rings. The van der Waals surface area contributed by atoms with Crippen LogP contribution in [0.4, 0.5) is 0 Å². The van der Waals surface area contributed by atoms with Gasteiger partial charge in [-0.25, -0.2) is 0 Å². The van der Waals surface area contributed by atoms with Crippen LogP contribution in [0, 0.1) is 6.92 Å². The Hall–Kier alpha value is -1.27. The van der Waals surface area contributed by atoms with Crippen LogP contribution in [0.15, 0.2) is 26.9 Å². The van der Waals surface area contributed by atoms with Crippen molar-refractivity contribution in [3.05, 3.63) is 33.8 Å². The van der Waals surface area contributed by atoms with Gasteiger partial charge < -0.3 is 9.84 Å². The molecule has 4 nitrogen and oxygen atoms in total. The van der Waals surface area contributed by atoms with E-state index in [2.05, 4.69) is 23.1 Å².